The zero-order valence-electron chi connectivity index (χ0n) is 8.98. The third-order valence-electron chi connectivity index (χ3n) is 1.80. The molecule has 0 spiro atoms. The summed E-state index contributed by atoms with van der Waals surface area (Å²) < 4.78 is 13.7. The SMILES string of the molecule is CSC(=Nc1c(Br)ccc(F)c1[N+](=O)[O-])NC#N. The van der Waals surface area contributed by atoms with Crippen LogP contribution in [0.4, 0.5) is 15.8 Å². The third kappa shape index (κ3) is 3.18. The van der Waals surface area contributed by atoms with Crippen LogP contribution in [-0.2, 0) is 0 Å². The monoisotopic (exact) mass is 332 g/mol. The molecule has 0 atom stereocenters. The summed E-state index contributed by atoms with van der Waals surface area (Å²) in [5.74, 6) is -0.987. The van der Waals surface area contributed by atoms with E-state index in [1.54, 1.807) is 12.4 Å². The Morgan fingerprint density at radius 2 is 2.39 bits per heavy atom. The van der Waals surface area contributed by atoms with Crippen molar-refractivity contribution in [2.24, 2.45) is 4.99 Å². The van der Waals surface area contributed by atoms with Crippen molar-refractivity contribution >= 4 is 44.2 Å². The summed E-state index contributed by atoms with van der Waals surface area (Å²) in [6.45, 7) is 0. The lowest BCUT2D eigenvalue weighted by Crippen LogP contribution is -2.12. The van der Waals surface area contributed by atoms with E-state index < -0.39 is 16.4 Å². The Morgan fingerprint density at radius 3 is 2.89 bits per heavy atom. The quantitative estimate of drug-likeness (QED) is 0.224. The summed E-state index contributed by atoms with van der Waals surface area (Å²) >= 11 is 4.14. The summed E-state index contributed by atoms with van der Waals surface area (Å²) in [6.07, 6.45) is 3.27. The normalized spacial score (nSPS) is 10.9. The Hall–Kier alpha value is -1.66. The fourth-order valence-corrected chi connectivity index (χ4v) is 1.82. The Kier molecular flexibility index (Phi) is 5.06. The number of nitrogens with zero attached hydrogens (tertiary/aromatic N) is 3. The van der Waals surface area contributed by atoms with Gasteiger partial charge in [0.15, 0.2) is 17.0 Å². The number of rotatable bonds is 2. The average molecular weight is 333 g/mol. The van der Waals surface area contributed by atoms with E-state index >= 15 is 0 Å². The highest BCUT2D eigenvalue weighted by Crippen LogP contribution is 2.37. The molecule has 0 aliphatic carbocycles. The Labute approximate surface area is 114 Å². The number of hydrogen-bond acceptors (Lipinski definition) is 5. The van der Waals surface area contributed by atoms with Gasteiger partial charge in [-0.1, -0.05) is 11.8 Å². The Morgan fingerprint density at radius 1 is 1.72 bits per heavy atom. The van der Waals surface area contributed by atoms with Crippen LogP contribution in [0.5, 0.6) is 0 Å². The first-order valence-corrected chi connectivity index (χ1v) is 6.43. The lowest BCUT2D eigenvalue weighted by atomic mass is 10.2. The molecule has 0 aliphatic heterocycles. The summed E-state index contributed by atoms with van der Waals surface area (Å²) in [7, 11) is 0. The molecule has 1 N–H and O–H groups in total. The van der Waals surface area contributed by atoms with Gasteiger partial charge in [0.1, 0.15) is 0 Å². The number of nitriles is 1. The topological polar surface area (TPSA) is 91.3 Å². The molecule has 0 saturated carbocycles. The molecule has 0 aliphatic rings. The van der Waals surface area contributed by atoms with Gasteiger partial charge in [0, 0.05) is 0 Å². The van der Waals surface area contributed by atoms with Crippen LogP contribution in [0.3, 0.4) is 0 Å². The molecular weight excluding hydrogens is 327 g/mol. The van der Waals surface area contributed by atoms with E-state index in [9.17, 15) is 14.5 Å². The zero-order chi connectivity index (χ0) is 13.7. The fourth-order valence-electron chi connectivity index (χ4n) is 1.08. The van der Waals surface area contributed by atoms with Crippen LogP contribution < -0.4 is 5.32 Å². The molecule has 9 heteroatoms. The summed E-state index contributed by atoms with van der Waals surface area (Å²) in [4.78, 5) is 13.8. The van der Waals surface area contributed by atoms with E-state index in [2.05, 4.69) is 26.2 Å². The second kappa shape index (κ2) is 6.32. The molecule has 18 heavy (non-hydrogen) atoms. The van der Waals surface area contributed by atoms with Crippen LogP contribution in [0.15, 0.2) is 21.6 Å². The van der Waals surface area contributed by atoms with Crippen molar-refractivity contribution in [2.45, 2.75) is 0 Å². The zero-order valence-corrected chi connectivity index (χ0v) is 11.4. The number of hydrogen-bond donors (Lipinski definition) is 1. The first-order chi connectivity index (χ1) is 8.51. The highest BCUT2D eigenvalue weighted by atomic mass is 79.9. The Bertz CT molecular complexity index is 558. The molecule has 0 amide bonds. The van der Waals surface area contributed by atoms with Gasteiger partial charge in [0.25, 0.3) is 0 Å². The first-order valence-electron chi connectivity index (χ1n) is 4.41. The van der Waals surface area contributed by atoms with E-state index in [0.29, 0.717) is 0 Å². The van der Waals surface area contributed by atoms with Crippen molar-refractivity contribution in [1.82, 2.24) is 5.32 Å². The van der Waals surface area contributed by atoms with Gasteiger partial charge in [-0.15, -0.1) is 0 Å². The van der Waals surface area contributed by atoms with Gasteiger partial charge in [0.2, 0.25) is 5.82 Å². The molecule has 1 rings (SSSR count). The van der Waals surface area contributed by atoms with Crippen LogP contribution >= 0.6 is 27.7 Å². The minimum absolute atomic E-state index is 0.131. The predicted molar refractivity (Wildman–Crippen MR) is 70.1 cm³/mol. The number of aliphatic imine (C=N–C) groups is 1. The summed E-state index contributed by atoms with van der Waals surface area (Å²) in [5, 5.41) is 21.7. The van der Waals surface area contributed by atoms with E-state index in [1.165, 1.54) is 6.07 Å². The number of benzene rings is 1. The number of amidine groups is 1. The van der Waals surface area contributed by atoms with E-state index in [0.717, 1.165) is 17.8 Å². The molecule has 0 bridgehead atoms. The first kappa shape index (κ1) is 14.4. The molecule has 6 nitrogen and oxygen atoms in total. The molecule has 1 aromatic rings. The number of nitro benzene ring substituents is 1. The minimum Gasteiger partial charge on any atom is -0.271 e. The van der Waals surface area contributed by atoms with Gasteiger partial charge >= 0.3 is 5.69 Å². The van der Waals surface area contributed by atoms with Gasteiger partial charge in [-0.25, -0.2) is 4.99 Å². The lowest BCUT2D eigenvalue weighted by Gasteiger charge is -2.04. The highest BCUT2D eigenvalue weighted by Gasteiger charge is 2.23. The molecule has 0 unspecified atom stereocenters. The minimum atomic E-state index is -0.987. The maximum absolute atomic E-state index is 13.4. The van der Waals surface area contributed by atoms with Gasteiger partial charge in [-0.05, 0) is 34.3 Å². The van der Waals surface area contributed by atoms with Gasteiger partial charge in [-0.2, -0.15) is 9.65 Å². The summed E-state index contributed by atoms with van der Waals surface area (Å²) in [5.41, 5.74) is -0.914. The van der Waals surface area contributed by atoms with Crippen molar-refractivity contribution in [2.75, 3.05) is 6.26 Å². The van der Waals surface area contributed by atoms with Crippen LogP contribution in [0, 0.1) is 27.4 Å². The van der Waals surface area contributed by atoms with Crippen LogP contribution in [0.25, 0.3) is 0 Å². The van der Waals surface area contributed by atoms with Crippen molar-refractivity contribution < 1.29 is 9.31 Å². The number of halogens is 2. The largest absolute Gasteiger partial charge is 0.331 e. The molecular formula is C9H6BrFN4O2S. The molecule has 0 fully saturated rings. The predicted octanol–water partition coefficient (Wildman–Crippen LogP) is 2.92. The van der Waals surface area contributed by atoms with Crippen LogP contribution in [0.1, 0.15) is 0 Å². The second-order valence-electron chi connectivity index (χ2n) is 2.84. The molecule has 0 aromatic heterocycles. The van der Waals surface area contributed by atoms with Crippen molar-refractivity contribution in [3.63, 3.8) is 0 Å². The maximum atomic E-state index is 13.4. The summed E-state index contributed by atoms with van der Waals surface area (Å²) in [6, 6.07) is 2.28. The lowest BCUT2D eigenvalue weighted by molar-refractivity contribution is -0.386. The standard InChI is InChI=1S/C9H6BrFN4O2S/c1-18-9(13-4-12)14-7-5(10)2-3-6(11)8(7)15(16)17/h2-3H,1H3,(H,13,14). The Balaban J connectivity index is 3.44. The average Bonchev–Trinajstić information content (AvgIpc) is 2.32. The molecule has 0 radical (unpaired) electrons. The van der Waals surface area contributed by atoms with Gasteiger partial charge in [-0.3, -0.25) is 15.4 Å². The highest BCUT2D eigenvalue weighted by molar-refractivity contribution is 9.10. The number of nitrogens with one attached hydrogen (secondary N) is 1. The third-order valence-corrected chi connectivity index (χ3v) is 3.02. The smallest absolute Gasteiger partial charge is 0.271 e. The molecule has 0 heterocycles. The number of nitro groups is 1. The molecule has 1 aromatic carbocycles. The number of thioether (sulfide) groups is 1. The van der Waals surface area contributed by atoms with Crippen molar-refractivity contribution in [3.8, 4) is 6.19 Å². The van der Waals surface area contributed by atoms with Gasteiger partial charge in [0.05, 0.1) is 9.40 Å². The molecule has 94 valence electrons. The maximum Gasteiger partial charge on any atom is 0.331 e. The molecule has 0 saturated heterocycles. The van der Waals surface area contributed by atoms with E-state index in [1.807, 2.05) is 0 Å². The van der Waals surface area contributed by atoms with Gasteiger partial charge < -0.3 is 0 Å². The van der Waals surface area contributed by atoms with Crippen LogP contribution in [0.2, 0.25) is 0 Å². The second-order valence-corrected chi connectivity index (χ2v) is 4.49. The van der Waals surface area contributed by atoms with E-state index in [-0.39, 0.29) is 15.3 Å². The van der Waals surface area contributed by atoms with Crippen LogP contribution in [-0.4, -0.2) is 16.3 Å². The fraction of sp³-hybridized carbons (Fsp3) is 0.111. The van der Waals surface area contributed by atoms with Crippen molar-refractivity contribution in [1.29, 1.82) is 5.26 Å². The van der Waals surface area contributed by atoms with E-state index in [4.69, 9.17) is 5.26 Å². The van der Waals surface area contributed by atoms with Crippen molar-refractivity contribution in [3.05, 3.63) is 32.5 Å².